The van der Waals surface area contributed by atoms with Crippen molar-refractivity contribution in [2.75, 3.05) is 13.6 Å². The first-order valence-electron chi connectivity index (χ1n) is 6.15. The molecule has 0 atom stereocenters. The molecule has 2 aromatic rings. The first-order valence-corrected chi connectivity index (χ1v) is 6.15. The van der Waals surface area contributed by atoms with Gasteiger partial charge in [-0.1, -0.05) is 24.3 Å². The molecule has 1 amide bonds. The lowest BCUT2D eigenvalue weighted by Crippen LogP contribution is -2.29. The van der Waals surface area contributed by atoms with Gasteiger partial charge in [0, 0.05) is 24.5 Å². The highest BCUT2D eigenvalue weighted by molar-refractivity contribution is 6.07. The van der Waals surface area contributed by atoms with Crippen LogP contribution in [0.2, 0.25) is 0 Å². The Morgan fingerprint density at radius 2 is 1.80 bits per heavy atom. The van der Waals surface area contributed by atoms with Crippen LogP contribution in [0.25, 0.3) is 10.8 Å². The van der Waals surface area contributed by atoms with Crippen molar-refractivity contribution in [3.63, 3.8) is 0 Å². The Hall–Kier alpha value is -2.43. The number of carbonyl (C=O) groups excluding carboxylic acids is 1. The number of hydrogen-bond donors (Lipinski definition) is 1. The second-order valence-corrected chi connectivity index (χ2v) is 4.51. The number of hydrogen-bond acceptors (Lipinski definition) is 2. The normalized spacial score (nSPS) is 10.5. The van der Waals surface area contributed by atoms with E-state index in [4.69, 9.17) is 5.11 Å². The summed E-state index contributed by atoms with van der Waals surface area (Å²) in [6.45, 7) is 0.111. The van der Waals surface area contributed by atoms with Gasteiger partial charge < -0.3 is 10.0 Å². The van der Waals surface area contributed by atoms with E-state index in [1.165, 1.54) is 24.1 Å². The van der Waals surface area contributed by atoms with Crippen LogP contribution in [0.4, 0.5) is 4.39 Å². The minimum Gasteiger partial charge on any atom is -0.481 e. The second-order valence-electron chi connectivity index (χ2n) is 4.51. The summed E-state index contributed by atoms with van der Waals surface area (Å²) >= 11 is 0. The van der Waals surface area contributed by atoms with Gasteiger partial charge in [0.15, 0.2) is 0 Å². The fourth-order valence-corrected chi connectivity index (χ4v) is 2.02. The van der Waals surface area contributed by atoms with Gasteiger partial charge in [0.05, 0.1) is 6.42 Å². The fourth-order valence-electron chi connectivity index (χ4n) is 2.02. The third-order valence-electron chi connectivity index (χ3n) is 3.11. The molecule has 0 bridgehead atoms. The van der Waals surface area contributed by atoms with Crippen LogP contribution in [0, 0.1) is 5.82 Å². The summed E-state index contributed by atoms with van der Waals surface area (Å²) in [7, 11) is 1.53. The van der Waals surface area contributed by atoms with Crippen LogP contribution in [0.5, 0.6) is 0 Å². The molecule has 1 N–H and O–H groups in total. The molecule has 0 unspecified atom stereocenters. The van der Waals surface area contributed by atoms with Crippen LogP contribution in [0.1, 0.15) is 16.8 Å². The minimum atomic E-state index is -0.964. The van der Waals surface area contributed by atoms with Crippen LogP contribution >= 0.6 is 0 Å². The first kappa shape index (κ1) is 14.0. The molecule has 2 aromatic carbocycles. The highest BCUT2D eigenvalue weighted by Gasteiger charge is 2.16. The van der Waals surface area contributed by atoms with Gasteiger partial charge in [0.2, 0.25) is 0 Å². The lowest BCUT2D eigenvalue weighted by molar-refractivity contribution is -0.137. The van der Waals surface area contributed by atoms with E-state index in [-0.39, 0.29) is 24.7 Å². The topological polar surface area (TPSA) is 57.6 Å². The van der Waals surface area contributed by atoms with Crippen LogP contribution in [-0.4, -0.2) is 35.5 Å². The zero-order valence-corrected chi connectivity index (χ0v) is 11.0. The average Bonchev–Trinajstić information content (AvgIpc) is 2.44. The molecule has 0 aromatic heterocycles. The van der Waals surface area contributed by atoms with E-state index in [2.05, 4.69) is 0 Å². The number of halogens is 1. The number of carbonyl (C=O) groups is 2. The van der Waals surface area contributed by atoms with Gasteiger partial charge in [0.1, 0.15) is 5.82 Å². The van der Waals surface area contributed by atoms with Crippen molar-refractivity contribution in [3.8, 4) is 0 Å². The van der Waals surface area contributed by atoms with Crippen LogP contribution in [-0.2, 0) is 4.79 Å². The van der Waals surface area contributed by atoms with Crippen LogP contribution < -0.4 is 0 Å². The number of rotatable bonds is 4. The Labute approximate surface area is 115 Å². The van der Waals surface area contributed by atoms with E-state index < -0.39 is 5.97 Å². The van der Waals surface area contributed by atoms with Crippen LogP contribution in [0.3, 0.4) is 0 Å². The maximum absolute atomic E-state index is 13.7. The standard InChI is InChI=1S/C15H14FNO3/c1-17(9-8-14(18)19)15(20)12-6-7-13(16)11-5-3-2-4-10(11)12/h2-7H,8-9H2,1H3,(H,18,19). The summed E-state index contributed by atoms with van der Waals surface area (Å²) in [4.78, 5) is 24.2. The second kappa shape index (κ2) is 5.69. The molecule has 0 fully saturated rings. The van der Waals surface area contributed by atoms with Gasteiger partial charge in [-0.3, -0.25) is 9.59 Å². The van der Waals surface area contributed by atoms with E-state index in [0.717, 1.165) is 0 Å². The quantitative estimate of drug-likeness (QED) is 0.932. The van der Waals surface area contributed by atoms with Gasteiger partial charge in [-0.25, -0.2) is 4.39 Å². The van der Waals surface area contributed by atoms with E-state index in [0.29, 0.717) is 16.3 Å². The predicted octanol–water partition coefficient (Wildman–Crippen LogP) is 2.53. The SMILES string of the molecule is CN(CCC(=O)O)C(=O)c1ccc(F)c2ccccc12. The summed E-state index contributed by atoms with van der Waals surface area (Å²) in [5, 5.41) is 9.54. The van der Waals surface area contributed by atoms with Crippen molar-refractivity contribution in [1.29, 1.82) is 0 Å². The first-order chi connectivity index (χ1) is 9.50. The molecule has 2 rings (SSSR count). The highest BCUT2D eigenvalue weighted by Crippen LogP contribution is 2.22. The summed E-state index contributed by atoms with van der Waals surface area (Å²) in [5.74, 6) is -1.67. The smallest absolute Gasteiger partial charge is 0.305 e. The summed E-state index contributed by atoms with van der Waals surface area (Å²) < 4.78 is 13.7. The number of aliphatic carboxylic acids is 1. The highest BCUT2D eigenvalue weighted by atomic mass is 19.1. The molecule has 0 aliphatic heterocycles. The third kappa shape index (κ3) is 2.77. The Morgan fingerprint density at radius 3 is 2.45 bits per heavy atom. The van der Waals surface area contributed by atoms with E-state index in [9.17, 15) is 14.0 Å². The minimum absolute atomic E-state index is 0.111. The fraction of sp³-hybridized carbons (Fsp3) is 0.200. The molecule has 5 heteroatoms. The van der Waals surface area contributed by atoms with E-state index >= 15 is 0 Å². The van der Waals surface area contributed by atoms with Crippen molar-refractivity contribution in [2.24, 2.45) is 0 Å². The molecule has 0 saturated carbocycles. The zero-order valence-electron chi connectivity index (χ0n) is 11.0. The summed E-state index contributed by atoms with van der Waals surface area (Å²) in [6, 6.07) is 9.40. The van der Waals surface area contributed by atoms with E-state index in [1.807, 2.05) is 0 Å². The lowest BCUT2D eigenvalue weighted by Gasteiger charge is -2.17. The molecular weight excluding hydrogens is 261 g/mol. The van der Waals surface area contributed by atoms with Gasteiger partial charge in [0.25, 0.3) is 5.91 Å². The van der Waals surface area contributed by atoms with Crippen molar-refractivity contribution in [3.05, 3.63) is 47.8 Å². The molecule has 0 radical (unpaired) electrons. The van der Waals surface area contributed by atoms with E-state index in [1.54, 1.807) is 24.3 Å². The Bertz CT molecular complexity index is 669. The molecule has 0 aliphatic rings. The molecule has 0 aliphatic carbocycles. The molecule has 0 heterocycles. The Balaban J connectivity index is 2.35. The molecule has 4 nitrogen and oxygen atoms in total. The van der Waals surface area contributed by atoms with Crippen molar-refractivity contribution in [1.82, 2.24) is 4.90 Å². The largest absolute Gasteiger partial charge is 0.481 e. The van der Waals surface area contributed by atoms with Gasteiger partial charge in [-0.05, 0) is 17.5 Å². The molecule has 20 heavy (non-hydrogen) atoms. The van der Waals surface area contributed by atoms with Gasteiger partial charge >= 0.3 is 5.97 Å². The van der Waals surface area contributed by atoms with Crippen molar-refractivity contribution >= 4 is 22.6 Å². The number of carboxylic acid groups (broad SMARTS) is 1. The lowest BCUT2D eigenvalue weighted by atomic mass is 10.0. The maximum Gasteiger partial charge on any atom is 0.305 e. The Kier molecular flexibility index (Phi) is 3.98. The molecule has 104 valence electrons. The monoisotopic (exact) mass is 275 g/mol. The number of amides is 1. The average molecular weight is 275 g/mol. The predicted molar refractivity (Wildman–Crippen MR) is 73.1 cm³/mol. The van der Waals surface area contributed by atoms with Gasteiger partial charge in [-0.15, -0.1) is 0 Å². The molecule has 0 saturated heterocycles. The zero-order chi connectivity index (χ0) is 14.7. The van der Waals surface area contributed by atoms with Crippen molar-refractivity contribution < 1.29 is 19.1 Å². The summed E-state index contributed by atoms with van der Waals surface area (Å²) in [5.41, 5.74) is 0.370. The number of nitrogens with zero attached hydrogens (tertiary/aromatic N) is 1. The van der Waals surface area contributed by atoms with Gasteiger partial charge in [-0.2, -0.15) is 0 Å². The van der Waals surface area contributed by atoms with Crippen molar-refractivity contribution in [2.45, 2.75) is 6.42 Å². The maximum atomic E-state index is 13.7. The number of benzene rings is 2. The summed E-state index contributed by atoms with van der Waals surface area (Å²) in [6.07, 6.45) is -0.124. The Morgan fingerprint density at radius 1 is 1.15 bits per heavy atom. The molecular formula is C15H14FNO3. The van der Waals surface area contributed by atoms with Crippen LogP contribution in [0.15, 0.2) is 36.4 Å². The number of fused-ring (bicyclic) bond motifs is 1. The molecule has 0 spiro atoms. The third-order valence-corrected chi connectivity index (χ3v) is 3.11. The number of carboxylic acids is 1.